The summed E-state index contributed by atoms with van der Waals surface area (Å²) in [6, 6.07) is 15.1. The van der Waals surface area contributed by atoms with Crippen molar-refractivity contribution in [3.63, 3.8) is 0 Å². The summed E-state index contributed by atoms with van der Waals surface area (Å²) < 4.78 is 2.03. The molecule has 3 heterocycles. The molecule has 4 rings (SSSR count). The molecule has 32 heavy (non-hydrogen) atoms. The number of piperidine rings is 1. The standard InChI is InChI=1S/C24H33N7.HI/c1-3-25-24(26-14-11-23-29-28-22-10-6-7-15-31(22)23)27-21-12-16-30(17-13-21)18-20-9-5-4-8-19(20)2;/h4-10,15,21H,3,11-14,16-18H2,1-2H3,(H2,25,26,27);1H. The van der Waals surface area contributed by atoms with Gasteiger partial charge >= 0.3 is 0 Å². The van der Waals surface area contributed by atoms with Gasteiger partial charge in [0.25, 0.3) is 0 Å². The average Bonchev–Trinajstić information content (AvgIpc) is 3.20. The van der Waals surface area contributed by atoms with Crippen LogP contribution in [-0.4, -0.2) is 57.7 Å². The van der Waals surface area contributed by atoms with E-state index in [1.54, 1.807) is 0 Å². The van der Waals surface area contributed by atoms with E-state index >= 15 is 0 Å². The molecule has 7 nitrogen and oxygen atoms in total. The minimum atomic E-state index is 0. The van der Waals surface area contributed by atoms with Gasteiger partial charge < -0.3 is 10.6 Å². The first-order chi connectivity index (χ1) is 15.2. The number of hydrogen-bond acceptors (Lipinski definition) is 4. The maximum atomic E-state index is 4.79. The molecule has 0 saturated carbocycles. The second kappa shape index (κ2) is 12.2. The third kappa shape index (κ3) is 6.41. The molecule has 1 fully saturated rings. The second-order valence-corrected chi connectivity index (χ2v) is 8.18. The van der Waals surface area contributed by atoms with Gasteiger partial charge in [-0.3, -0.25) is 14.3 Å². The van der Waals surface area contributed by atoms with E-state index in [1.165, 1.54) is 11.1 Å². The number of hydrogen-bond donors (Lipinski definition) is 2. The number of likely N-dealkylation sites (tertiary alicyclic amines) is 1. The number of halogens is 1. The summed E-state index contributed by atoms with van der Waals surface area (Å²) in [6.07, 6.45) is 5.02. The summed E-state index contributed by atoms with van der Waals surface area (Å²) in [7, 11) is 0. The predicted octanol–water partition coefficient (Wildman–Crippen LogP) is 3.42. The minimum absolute atomic E-state index is 0. The molecule has 1 aliphatic heterocycles. The molecule has 8 heteroatoms. The van der Waals surface area contributed by atoms with Crippen molar-refractivity contribution in [2.45, 2.75) is 45.7 Å². The molecule has 0 radical (unpaired) electrons. The van der Waals surface area contributed by atoms with Crippen LogP contribution in [0.3, 0.4) is 0 Å². The van der Waals surface area contributed by atoms with E-state index in [-0.39, 0.29) is 24.0 Å². The Labute approximate surface area is 207 Å². The first-order valence-corrected chi connectivity index (χ1v) is 11.3. The summed E-state index contributed by atoms with van der Waals surface area (Å²) >= 11 is 0. The van der Waals surface area contributed by atoms with Gasteiger partial charge in [-0.2, -0.15) is 0 Å². The summed E-state index contributed by atoms with van der Waals surface area (Å²) in [5.74, 6) is 1.84. The van der Waals surface area contributed by atoms with Gasteiger partial charge in [0, 0.05) is 51.4 Å². The third-order valence-electron chi connectivity index (χ3n) is 5.92. The number of pyridine rings is 1. The highest BCUT2D eigenvalue weighted by Gasteiger charge is 2.20. The van der Waals surface area contributed by atoms with E-state index in [0.717, 1.165) is 62.9 Å². The normalized spacial score (nSPS) is 15.5. The fourth-order valence-electron chi connectivity index (χ4n) is 4.11. The zero-order valence-corrected chi connectivity index (χ0v) is 21.3. The van der Waals surface area contributed by atoms with Crippen LogP contribution in [0.1, 0.15) is 36.7 Å². The van der Waals surface area contributed by atoms with Crippen molar-refractivity contribution in [2.75, 3.05) is 26.2 Å². The topological polar surface area (TPSA) is 69.8 Å². The highest BCUT2D eigenvalue weighted by atomic mass is 127. The zero-order chi connectivity index (χ0) is 21.5. The van der Waals surface area contributed by atoms with E-state index in [4.69, 9.17) is 4.99 Å². The van der Waals surface area contributed by atoms with Crippen molar-refractivity contribution in [2.24, 2.45) is 4.99 Å². The minimum Gasteiger partial charge on any atom is -0.357 e. The molecule has 0 spiro atoms. The molecule has 1 aliphatic rings. The van der Waals surface area contributed by atoms with Crippen molar-refractivity contribution in [1.82, 2.24) is 30.1 Å². The number of nitrogens with zero attached hydrogens (tertiary/aromatic N) is 5. The maximum Gasteiger partial charge on any atom is 0.191 e. The Morgan fingerprint density at radius 2 is 1.88 bits per heavy atom. The van der Waals surface area contributed by atoms with Crippen LogP contribution in [0.4, 0.5) is 0 Å². The van der Waals surface area contributed by atoms with E-state index in [9.17, 15) is 0 Å². The smallest absolute Gasteiger partial charge is 0.191 e. The highest BCUT2D eigenvalue weighted by molar-refractivity contribution is 14.0. The summed E-state index contributed by atoms with van der Waals surface area (Å²) in [6.45, 7) is 9.09. The van der Waals surface area contributed by atoms with Crippen molar-refractivity contribution >= 4 is 35.6 Å². The highest BCUT2D eigenvalue weighted by Crippen LogP contribution is 2.16. The number of aromatic nitrogens is 3. The van der Waals surface area contributed by atoms with E-state index in [1.807, 2.05) is 28.8 Å². The monoisotopic (exact) mass is 547 g/mol. The van der Waals surface area contributed by atoms with Gasteiger partial charge in [0.05, 0.1) is 0 Å². The predicted molar refractivity (Wildman–Crippen MR) is 141 cm³/mol. The molecule has 0 aliphatic carbocycles. The molecular weight excluding hydrogens is 513 g/mol. The largest absolute Gasteiger partial charge is 0.357 e. The lowest BCUT2D eigenvalue weighted by molar-refractivity contribution is 0.198. The number of benzene rings is 1. The van der Waals surface area contributed by atoms with Crippen molar-refractivity contribution in [3.8, 4) is 0 Å². The molecule has 1 aromatic carbocycles. The van der Waals surface area contributed by atoms with Crippen LogP contribution >= 0.6 is 24.0 Å². The fourth-order valence-corrected chi connectivity index (χ4v) is 4.11. The third-order valence-corrected chi connectivity index (χ3v) is 5.92. The average molecular weight is 547 g/mol. The first-order valence-electron chi connectivity index (χ1n) is 11.3. The first kappa shape index (κ1) is 24.4. The molecule has 0 bridgehead atoms. The fraction of sp³-hybridized carbons (Fsp3) is 0.458. The van der Waals surface area contributed by atoms with Crippen LogP contribution in [0, 0.1) is 6.92 Å². The maximum absolute atomic E-state index is 4.79. The molecule has 0 atom stereocenters. The molecule has 3 aromatic rings. The lowest BCUT2D eigenvalue weighted by Crippen LogP contribution is -2.48. The molecular formula is C24H34IN7. The van der Waals surface area contributed by atoms with Crippen LogP contribution < -0.4 is 10.6 Å². The Morgan fingerprint density at radius 1 is 1.09 bits per heavy atom. The Kier molecular flexibility index (Phi) is 9.28. The Balaban J connectivity index is 0.00000289. The molecule has 0 amide bonds. The number of aryl methyl sites for hydroxylation is 1. The van der Waals surface area contributed by atoms with Crippen LogP contribution in [0.25, 0.3) is 5.65 Å². The van der Waals surface area contributed by atoms with E-state index in [0.29, 0.717) is 12.6 Å². The van der Waals surface area contributed by atoms with Crippen LogP contribution in [0.15, 0.2) is 53.7 Å². The Hall–Kier alpha value is -2.20. The number of rotatable bonds is 7. The van der Waals surface area contributed by atoms with E-state index < -0.39 is 0 Å². The number of nitrogens with one attached hydrogen (secondary N) is 2. The quantitative estimate of drug-likeness (QED) is 0.270. The van der Waals surface area contributed by atoms with Gasteiger partial charge in [0.2, 0.25) is 0 Å². The van der Waals surface area contributed by atoms with Crippen LogP contribution in [0.5, 0.6) is 0 Å². The van der Waals surface area contributed by atoms with Crippen molar-refractivity contribution in [3.05, 3.63) is 65.6 Å². The van der Waals surface area contributed by atoms with Gasteiger partial charge in [0.15, 0.2) is 11.6 Å². The Morgan fingerprint density at radius 3 is 2.66 bits per heavy atom. The molecule has 2 aromatic heterocycles. The lowest BCUT2D eigenvalue weighted by atomic mass is 10.0. The number of aliphatic imine (C=N–C) groups is 1. The van der Waals surface area contributed by atoms with E-state index in [2.05, 4.69) is 63.8 Å². The van der Waals surface area contributed by atoms with Crippen molar-refractivity contribution < 1.29 is 0 Å². The summed E-state index contributed by atoms with van der Waals surface area (Å²) in [5, 5.41) is 15.5. The SMILES string of the molecule is CCNC(=NCCc1nnc2ccccn12)NC1CCN(Cc2ccccc2C)CC1.I. The van der Waals surface area contributed by atoms with Crippen LogP contribution in [-0.2, 0) is 13.0 Å². The van der Waals surface area contributed by atoms with Gasteiger partial charge in [0.1, 0.15) is 5.82 Å². The van der Waals surface area contributed by atoms with Gasteiger partial charge in [-0.25, -0.2) is 0 Å². The second-order valence-electron chi connectivity index (χ2n) is 8.18. The van der Waals surface area contributed by atoms with Gasteiger partial charge in [-0.15, -0.1) is 34.2 Å². The van der Waals surface area contributed by atoms with Crippen LogP contribution in [0.2, 0.25) is 0 Å². The molecule has 172 valence electrons. The summed E-state index contributed by atoms with van der Waals surface area (Å²) in [4.78, 5) is 7.34. The van der Waals surface area contributed by atoms with Crippen molar-refractivity contribution in [1.29, 1.82) is 0 Å². The number of fused-ring (bicyclic) bond motifs is 1. The zero-order valence-electron chi connectivity index (χ0n) is 19.0. The van der Waals surface area contributed by atoms with Gasteiger partial charge in [-0.05, 0) is 49.9 Å². The number of guanidine groups is 1. The molecule has 2 N–H and O–H groups in total. The van der Waals surface area contributed by atoms with Gasteiger partial charge in [-0.1, -0.05) is 30.3 Å². The Bertz CT molecular complexity index is 1010. The molecule has 1 saturated heterocycles. The molecule has 0 unspecified atom stereocenters. The summed E-state index contributed by atoms with van der Waals surface area (Å²) in [5.41, 5.74) is 3.69. The lowest BCUT2D eigenvalue weighted by Gasteiger charge is -2.33.